The van der Waals surface area contributed by atoms with Gasteiger partial charge in [0.1, 0.15) is 11.7 Å². The smallest absolute Gasteiger partial charge is 0.275 e. The molecule has 0 bridgehead atoms. The Labute approximate surface area is 235 Å². The molecular formula is C26H20ClF3N8O3. The van der Waals surface area contributed by atoms with Gasteiger partial charge in [0.25, 0.3) is 12.3 Å². The second kappa shape index (κ2) is 10.5. The van der Waals surface area contributed by atoms with Crippen LogP contribution in [0, 0.1) is 17.7 Å². The molecule has 0 radical (unpaired) electrons. The van der Waals surface area contributed by atoms with E-state index in [0.717, 1.165) is 30.9 Å². The third kappa shape index (κ3) is 5.00. The predicted octanol–water partition coefficient (Wildman–Crippen LogP) is 3.68. The number of aromatic nitrogens is 6. The van der Waals surface area contributed by atoms with Crippen molar-refractivity contribution in [1.82, 2.24) is 29.7 Å². The van der Waals surface area contributed by atoms with E-state index in [-0.39, 0.29) is 40.5 Å². The fourth-order valence-corrected chi connectivity index (χ4v) is 4.97. The van der Waals surface area contributed by atoms with Crippen LogP contribution in [0.15, 0.2) is 49.3 Å². The first kappa shape index (κ1) is 26.8. The molecule has 3 atom stereocenters. The Balaban J connectivity index is 1.18. The summed E-state index contributed by atoms with van der Waals surface area (Å²) in [6, 6.07) is 1.30. The summed E-state index contributed by atoms with van der Waals surface area (Å²) in [6.45, 7) is 0.235. The number of hydrogen-bond donors (Lipinski definition) is 2. The predicted molar refractivity (Wildman–Crippen MR) is 139 cm³/mol. The number of piperidine rings is 1. The van der Waals surface area contributed by atoms with Gasteiger partial charge >= 0.3 is 0 Å². The molecule has 1 aliphatic heterocycles. The maximum absolute atomic E-state index is 14.7. The van der Waals surface area contributed by atoms with Gasteiger partial charge in [0, 0.05) is 47.7 Å². The van der Waals surface area contributed by atoms with E-state index in [1.807, 2.05) is 0 Å². The molecule has 1 aliphatic carbocycles. The van der Waals surface area contributed by atoms with Gasteiger partial charge < -0.3 is 10.4 Å². The Bertz CT molecular complexity index is 1650. The lowest BCUT2D eigenvalue weighted by molar-refractivity contribution is -0.118. The average molecular weight is 585 g/mol. The van der Waals surface area contributed by atoms with E-state index in [9.17, 15) is 27.9 Å². The molecule has 4 aromatic rings. The summed E-state index contributed by atoms with van der Waals surface area (Å²) in [4.78, 5) is 43.2. The van der Waals surface area contributed by atoms with Gasteiger partial charge in [-0.3, -0.25) is 24.2 Å². The number of carbonyl (C=O) groups is 2. The van der Waals surface area contributed by atoms with Crippen molar-refractivity contribution >= 4 is 35.1 Å². The molecule has 2 fully saturated rings. The van der Waals surface area contributed by atoms with Gasteiger partial charge in [-0.05, 0) is 18.4 Å². The summed E-state index contributed by atoms with van der Waals surface area (Å²) in [6.07, 6.45) is 5.83. The topological polar surface area (TPSA) is 139 Å². The quantitative estimate of drug-likeness (QED) is 0.320. The average Bonchev–Trinajstić information content (AvgIpc) is 3.48. The Hall–Kier alpha value is -4.43. The van der Waals surface area contributed by atoms with Crippen LogP contribution in [0.2, 0.25) is 5.02 Å². The highest BCUT2D eigenvalue weighted by molar-refractivity contribution is 6.31. The van der Waals surface area contributed by atoms with Crippen molar-refractivity contribution in [1.29, 1.82) is 0 Å². The van der Waals surface area contributed by atoms with Crippen molar-refractivity contribution in [2.75, 3.05) is 23.4 Å². The highest BCUT2D eigenvalue weighted by atomic mass is 35.5. The minimum atomic E-state index is -3.02. The molecule has 15 heteroatoms. The lowest BCUT2D eigenvalue weighted by Gasteiger charge is -2.18. The lowest BCUT2D eigenvalue weighted by atomic mass is 10.0. The summed E-state index contributed by atoms with van der Waals surface area (Å²) in [5.41, 5.74) is -1.01. The summed E-state index contributed by atoms with van der Waals surface area (Å²) in [7, 11) is 0. The second-order valence-electron chi connectivity index (χ2n) is 9.64. The lowest BCUT2D eigenvalue weighted by Crippen LogP contribution is -2.29. The zero-order valence-corrected chi connectivity index (χ0v) is 21.7. The monoisotopic (exact) mass is 584 g/mol. The van der Waals surface area contributed by atoms with Crippen LogP contribution in [-0.4, -0.2) is 59.8 Å². The number of aliphatic hydroxyl groups is 1. The zero-order valence-electron chi connectivity index (χ0n) is 21.0. The first-order chi connectivity index (χ1) is 19.7. The normalized spacial score (nSPS) is 18.5. The van der Waals surface area contributed by atoms with Crippen molar-refractivity contribution in [2.45, 2.75) is 18.9 Å². The van der Waals surface area contributed by atoms with E-state index in [0.29, 0.717) is 24.0 Å². The molecular weight excluding hydrogens is 565 g/mol. The number of aliphatic hydroxyl groups excluding tert-OH is 1. The number of carbonyl (C=O) groups excluding carboxylic acids is 2. The zero-order chi connectivity index (χ0) is 28.8. The largest absolute Gasteiger partial charge is 0.394 e. The van der Waals surface area contributed by atoms with Crippen LogP contribution in [0.1, 0.15) is 40.5 Å². The summed E-state index contributed by atoms with van der Waals surface area (Å²) >= 11 is 5.79. The number of nitrogens with zero attached hydrogens (tertiary/aromatic N) is 7. The van der Waals surface area contributed by atoms with Crippen LogP contribution < -0.4 is 10.2 Å². The van der Waals surface area contributed by atoms with Crippen LogP contribution in [0.25, 0.3) is 11.3 Å². The molecule has 2 amide bonds. The minimum Gasteiger partial charge on any atom is -0.394 e. The van der Waals surface area contributed by atoms with Crippen LogP contribution in [0.4, 0.5) is 24.8 Å². The van der Waals surface area contributed by atoms with Crippen molar-refractivity contribution in [3.63, 3.8) is 0 Å². The molecule has 1 saturated carbocycles. The molecule has 2 aliphatic rings. The fourth-order valence-electron chi connectivity index (χ4n) is 4.81. The molecule has 6 rings (SSSR count). The maximum atomic E-state index is 14.7. The van der Waals surface area contributed by atoms with Crippen molar-refractivity contribution in [2.24, 2.45) is 11.8 Å². The molecule has 4 heterocycles. The van der Waals surface area contributed by atoms with Crippen LogP contribution >= 0.6 is 11.6 Å². The maximum Gasteiger partial charge on any atom is 0.275 e. The van der Waals surface area contributed by atoms with E-state index in [2.05, 4.69) is 30.4 Å². The van der Waals surface area contributed by atoms with E-state index < -0.39 is 35.3 Å². The van der Waals surface area contributed by atoms with Crippen LogP contribution in [0.3, 0.4) is 0 Å². The van der Waals surface area contributed by atoms with E-state index in [4.69, 9.17) is 11.6 Å². The highest BCUT2D eigenvalue weighted by Gasteiger charge is 2.53. The number of amides is 2. The van der Waals surface area contributed by atoms with Gasteiger partial charge in [-0.2, -0.15) is 5.10 Å². The Morgan fingerprint density at radius 1 is 1.17 bits per heavy atom. The molecule has 1 saturated heterocycles. The molecule has 3 aromatic heterocycles. The molecule has 1 aromatic carbocycles. The van der Waals surface area contributed by atoms with Crippen molar-refractivity contribution in [3.05, 3.63) is 77.0 Å². The van der Waals surface area contributed by atoms with Crippen LogP contribution in [0.5, 0.6) is 0 Å². The first-order valence-electron chi connectivity index (χ1n) is 12.4. The standard InChI is InChI=1S/C26H20ClF3N8O3/c27-17-2-1-15(23(29)30)21(22(17)28)18-7-31-8-19(36-18)24(40)35-14-6-34-38(10-14)20(11-39)13-4-32-26(33-5-13)37-9-12-3-16(12)25(37)41/h1-2,4-8,10,12,16,20,23,39H,3,9,11H2,(H,35,40). The number of hydrogen-bond acceptors (Lipinski definition) is 8. The Morgan fingerprint density at radius 2 is 1.95 bits per heavy atom. The SMILES string of the molecule is O=C(Nc1cnn(C(CO)c2cnc(N3CC4CC4C3=O)nc2)c1)c1cncc(-c2c(C(F)F)ccc(Cl)c2F)n1. The number of benzene rings is 1. The van der Waals surface area contributed by atoms with E-state index in [1.165, 1.54) is 29.5 Å². The number of nitrogens with one attached hydrogen (secondary N) is 1. The number of halogens is 4. The summed E-state index contributed by atoms with van der Waals surface area (Å²) in [5, 5.41) is 16.4. The number of anilines is 2. The molecule has 2 N–H and O–H groups in total. The molecule has 3 unspecified atom stereocenters. The number of alkyl halides is 2. The van der Waals surface area contributed by atoms with Gasteiger partial charge in [0.2, 0.25) is 11.9 Å². The van der Waals surface area contributed by atoms with Gasteiger partial charge in [0.05, 0.1) is 41.6 Å². The third-order valence-electron chi connectivity index (χ3n) is 7.04. The van der Waals surface area contributed by atoms with Crippen molar-refractivity contribution in [3.8, 4) is 11.3 Å². The van der Waals surface area contributed by atoms with Gasteiger partial charge in [-0.15, -0.1) is 0 Å². The molecule has 0 spiro atoms. The van der Waals surface area contributed by atoms with Gasteiger partial charge in [-0.25, -0.2) is 28.1 Å². The minimum absolute atomic E-state index is 0.0244. The van der Waals surface area contributed by atoms with E-state index in [1.54, 1.807) is 4.90 Å². The first-order valence-corrected chi connectivity index (χ1v) is 12.8. The second-order valence-corrected chi connectivity index (χ2v) is 10.1. The van der Waals surface area contributed by atoms with Gasteiger partial charge in [-0.1, -0.05) is 17.7 Å². The number of rotatable bonds is 8. The Kier molecular flexibility index (Phi) is 6.87. The molecule has 210 valence electrons. The van der Waals surface area contributed by atoms with E-state index >= 15 is 0 Å². The van der Waals surface area contributed by atoms with Crippen LogP contribution in [-0.2, 0) is 4.79 Å². The molecule has 11 nitrogen and oxygen atoms in total. The third-order valence-corrected chi connectivity index (χ3v) is 7.34. The highest BCUT2D eigenvalue weighted by Crippen LogP contribution is 2.46. The summed E-state index contributed by atoms with van der Waals surface area (Å²) in [5.74, 6) is -1.10. The summed E-state index contributed by atoms with van der Waals surface area (Å²) < 4.78 is 43.1. The molecule has 41 heavy (non-hydrogen) atoms. The van der Waals surface area contributed by atoms with Gasteiger partial charge in [0.15, 0.2) is 5.82 Å². The number of fused-ring (bicyclic) bond motifs is 1. The fraction of sp³-hybridized carbons (Fsp3) is 0.269. The van der Waals surface area contributed by atoms with Crippen molar-refractivity contribution < 1.29 is 27.9 Å². The Morgan fingerprint density at radius 3 is 2.63 bits per heavy atom.